The van der Waals surface area contributed by atoms with Crippen LogP contribution < -0.4 is 0 Å². The molecule has 1 aromatic heterocycles. The molecule has 0 spiro atoms. The third-order valence-corrected chi connectivity index (χ3v) is 5.74. The molecular weight excluding hydrogens is 282 g/mol. The molecule has 1 aliphatic carbocycles. The van der Waals surface area contributed by atoms with Gasteiger partial charge in [-0.3, -0.25) is 0 Å². The fourth-order valence-corrected chi connectivity index (χ4v) is 4.25. The summed E-state index contributed by atoms with van der Waals surface area (Å²) in [6.45, 7) is 5.34. The minimum atomic E-state index is -0.712. The van der Waals surface area contributed by atoms with Gasteiger partial charge in [-0.1, -0.05) is 57.2 Å². The molecule has 2 heteroatoms. The second-order valence-corrected chi connectivity index (χ2v) is 7.44. The minimum Gasteiger partial charge on any atom is -0.385 e. The zero-order valence-electron chi connectivity index (χ0n) is 14.7. The average molecular weight is 313 g/mol. The van der Waals surface area contributed by atoms with Gasteiger partial charge in [0.15, 0.2) is 0 Å². The summed E-state index contributed by atoms with van der Waals surface area (Å²) >= 11 is 0. The number of aliphatic hydroxyl groups is 1. The summed E-state index contributed by atoms with van der Waals surface area (Å²) in [4.78, 5) is 0. The molecule has 2 nitrogen and oxygen atoms in total. The van der Waals surface area contributed by atoms with E-state index in [1.54, 1.807) is 0 Å². The Balaban J connectivity index is 1.96. The third-order valence-electron chi connectivity index (χ3n) is 5.74. The molecule has 1 aromatic carbocycles. The molecule has 1 heterocycles. The molecule has 1 fully saturated rings. The first-order valence-corrected chi connectivity index (χ1v) is 9.45. The first-order valence-electron chi connectivity index (χ1n) is 9.45. The molecule has 23 heavy (non-hydrogen) atoms. The van der Waals surface area contributed by atoms with E-state index >= 15 is 0 Å². The lowest BCUT2D eigenvalue weighted by atomic mass is 9.74. The van der Waals surface area contributed by atoms with E-state index in [0.29, 0.717) is 5.92 Å². The molecule has 1 atom stereocenters. The maximum atomic E-state index is 11.4. The van der Waals surface area contributed by atoms with E-state index < -0.39 is 5.60 Å². The van der Waals surface area contributed by atoms with Crippen LogP contribution in [-0.4, -0.2) is 9.67 Å². The Bertz CT molecular complexity index is 634. The quantitative estimate of drug-likeness (QED) is 0.688. The van der Waals surface area contributed by atoms with Crippen LogP contribution in [0.15, 0.2) is 30.5 Å². The third kappa shape index (κ3) is 3.33. The lowest BCUT2D eigenvalue weighted by Crippen LogP contribution is -2.33. The highest BCUT2D eigenvalue weighted by molar-refractivity contribution is 5.84. The molecule has 3 rings (SSSR count). The van der Waals surface area contributed by atoms with Crippen molar-refractivity contribution in [2.45, 2.75) is 77.4 Å². The van der Waals surface area contributed by atoms with Crippen molar-refractivity contribution < 1.29 is 5.11 Å². The lowest BCUT2D eigenvalue weighted by molar-refractivity contribution is -0.0203. The zero-order valence-corrected chi connectivity index (χ0v) is 14.7. The van der Waals surface area contributed by atoms with Gasteiger partial charge in [-0.05, 0) is 38.2 Å². The van der Waals surface area contributed by atoms with Crippen LogP contribution >= 0.6 is 0 Å². The number of nitrogens with zero attached hydrogens (tertiary/aromatic N) is 1. The predicted octanol–water partition coefficient (Wildman–Crippen LogP) is 5.62. The molecule has 1 saturated carbocycles. The van der Waals surface area contributed by atoms with Crippen LogP contribution in [0.3, 0.4) is 0 Å². The van der Waals surface area contributed by atoms with E-state index in [-0.39, 0.29) is 0 Å². The van der Waals surface area contributed by atoms with Gasteiger partial charge in [0.1, 0.15) is 0 Å². The molecule has 2 aromatic rings. The summed E-state index contributed by atoms with van der Waals surface area (Å²) in [6, 6.07) is 8.58. The van der Waals surface area contributed by atoms with Gasteiger partial charge in [-0.15, -0.1) is 0 Å². The van der Waals surface area contributed by atoms with Crippen molar-refractivity contribution in [3.05, 3.63) is 36.0 Å². The Morgan fingerprint density at radius 1 is 1.13 bits per heavy atom. The SMILES string of the molecule is CCCCCn1cc([C@@](C)(O)C2CCCCC2)c2ccccc21. The number of unbranched alkanes of at least 4 members (excludes halogenated alkanes) is 2. The van der Waals surface area contributed by atoms with Crippen molar-refractivity contribution in [3.63, 3.8) is 0 Å². The largest absolute Gasteiger partial charge is 0.385 e. The average Bonchev–Trinajstić information content (AvgIpc) is 2.96. The Morgan fingerprint density at radius 2 is 1.87 bits per heavy atom. The fraction of sp³-hybridized carbons (Fsp3) is 0.619. The highest BCUT2D eigenvalue weighted by Crippen LogP contribution is 2.42. The van der Waals surface area contributed by atoms with Gasteiger partial charge in [0.2, 0.25) is 0 Å². The number of rotatable bonds is 6. The summed E-state index contributed by atoms with van der Waals surface area (Å²) in [7, 11) is 0. The van der Waals surface area contributed by atoms with Crippen LogP contribution in [-0.2, 0) is 12.1 Å². The molecule has 0 saturated heterocycles. The standard InChI is InChI=1S/C21H31NO/c1-3-4-10-15-22-16-19(18-13-8-9-14-20(18)22)21(2,23)17-11-6-5-7-12-17/h8-9,13-14,16-17,23H,3-7,10-12,15H2,1-2H3/t21-/m0/s1. The normalized spacial score (nSPS) is 19.1. The second-order valence-electron chi connectivity index (χ2n) is 7.44. The molecule has 0 radical (unpaired) electrons. The summed E-state index contributed by atoms with van der Waals surface area (Å²) in [6.07, 6.45) is 12.1. The molecule has 126 valence electrons. The molecule has 0 unspecified atom stereocenters. The van der Waals surface area contributed by atoms with Crippen LogP contribution in [0.1, 0.15) is 70.8 Å². The number of para-hydroxylation sites is 1. The van der Waals surface area contributed by atoms with Crippen molar-refractivity contribution >= 4 is 10.9 Å². The highest BCUT2D eigenvalue weighted by Gasteiger charge is 2.36. The van der Waals surface area contributed by atoms with E-state index in [1.165, 1.54) is 49.4 Å². The molecule has 0 bridgehead atoms. The van der Waals surface area contributed by atoms with Crippen LogP contribution in [0.5, 0.6) is 0 Å². The Kier molecular flexibility index (Phi) is 5.11. The first kappa shape index (κ1) is 16.6. The summed E-state index contributed by atoms with van der Waals surface area (Å²) in [5.74, 6) is 0.395. The van der Waals surface area contributed by atoms with Crippen LogP contribution in [0.25, 0.3) is 10.9 Å². The minimum absolute atomic E-state index is 0.395. The monoisotopic (exact) mass is 313 g/mol. The first-order chi connectivity index (χ1) is 11.1. The van der Waals surface area contributed by atoms with E-state index in [0.717, 1.165) is 24.9 Å². The van der Waals surface area contributed by atoms with Gasteiger partial charge >= 0.3 is 0 Å². The number of aromatic nitrogens is 1. The molecule has 1 aliphatic rings. The van der Waals surface area contributed by atoms with Gasteiger partial charge in [0.25, 0.3) is 0 Å². The van der Waals surface area contributed by atoms with Crippen molar-refractivity contribution in [1.82, 2.24) is 4.57 Å². The van der Waals surface area contributed by atoms with E-state index in [4.69, 9.17) is 0 Å². The van der Waals surface area contributed by atoms with Gasteiger partial charge in [-0.2, -0.15) is 0 Å². The topological polar surface area (TPSA) is 25.2 Å². The van der Waals surface area contributed by atoms with E-state index in [2.05, 4.69) is 42.0 Å². The summed E-state index contributed by atoms with van der Waals surface area (Å²) < 4.78 is 2.36. The van der Waals surface area contributed by atoms with Crippen LogP contribution in [0.4, 0.5) is 0 Å². The number of aryl methyl sites for hydroxylation is 1. The van der Waals surface area contributed by atoms with Crippen molar-refractivity contribution in [2.24, 2.45) is 5.92 Å². The van der Waals surface area contributed by atoms with Gasteiger partial charge in [0, 0.05) is 29.2 Å². The second kappa shape index (κ2) is 7.09. The van der Waals surface area contributed by atoms with Gasteiger partial charge in [0.05, 0.1) is 5.60 Å². The number of benzene rings is 1. The van der Waals surface area contributed by atoms with Crippen molar-refractivity contribution in [2.75, 3.05) is 0 Å². The Hall–Kier alpha value is -1.28. The fourth-order valence-electron chi connectivity index (χ4n) is 4.25. The number of hydrogen-bond acceptors (Lipinski definition) is 1. The predicted molar refractivity (Wildman–Crippen MR) is 97.6 cm³/mol. The molecular formula is C21H31NO. The summed E-state index contributed by atoms with van der Waals surface area (Å²) in [5.41, 5.74) is 1.70. The molecule has 1 N–H and O–H groups in total. The summed E-state index contributed by atoms with van der Waals surface area (Å²) in [5, 5.41) is 12.6. The Morgan fingerprint density at radius 3 is 2.61 bits per heavy atom. The number of hydrogen-bond donors (Lipinski definition) is 1. The number of fused-ring (bicyclic) bond motifs is 1. The maximum Gasteiger partial charge on any atom is 0.0917 e. The lowest BCUT2D eigenvalue weighted by Gasteiger charge is -2.35. The Labute approximate surface area is 140 Å². The maximum absolute atomic E-state index is 11.4. The van der Waals surface area contributed by atoms with Gasteiger partial charge in [-0.25, -0.2) is 0 Å². The van der Waals surface area contributed by atoms with Crippen molar-refractivity contribution in [1.29, 1.82) is 0 Å². The van der Waals surface area contributed by atoms with Crippen molar-refractivity contribution in [3.8, 4) is 0 Å². The van der Waals surface area contributed by atoms with Gasteiger partial charge < -0.3 is 9.67 Å². The highest BCUT2D eigenvalue weighted by atomic mass is 16.3. The van der Waals surface area contributed by atoms with E-state index in [9.17, 15) is 5.11 Å². The molecule has 0 amide bonds. The van der Waals surface area contributed by atoms with E-state index in [1.807, 2.05) is 6.92 Å². The zero-order chi connectivity index (χ0) is 16.3. The van der Waals surface area contributed by atoms with Crippen LogP contribution in [0.2, 0.25) is 0 Å². The van der Waals surface area contributed by atoms with Crippen LogP contribution in [0, 0.1) is 5.92 Å². The smallest absolute Gasteiger partial charge is 0.0917 e. The molecule has 0 aliphatic heterocycles.